The molecule has 1 saturated carbocycles. The van der Waals surface area contributed by atoms with E-state index in [2.05, 4.69) is 25.0 Å². The molecule has 1 aliphatic carbocycles. The topological polar surface area (TPSA) is 120 Å². The molecule has 2 heterocycles. The lowest BCUT2D eigenvalue weighted by Gasteiger charge is -2.35. The van der Waals surface area contributed by atoms with Crippen LogP contribution in [0.4, 0.5) is 17.6 Å². The lowest BCUT2D eigenvalue weighted by molar-refractivity contribution is -0.154. The Morgan fingerprint density at radius 3 is 2.53 bits per heavy atom. The van der Waals surface area contributed by atoms with Gasteiger partial charge in [-0.1, -0.05) is 17.8 Å². The molecule has 0 bridgehead atoms. The zero-order valence-electron chi connectivity index (χ0n) is 21.1. The number of rotatable bonds is 7. The van der Waals surface area contributed by atoms with Gasteiger partial charge in [-0.2, -0.15) is 13.2 Å². The molecule has 13 heteroatoms. The summed E-state index contributed by atoms with van der Waals surface area (Å²) < 4.78 is 55.7. The highest BCUT2D eigenvalue weighted by atomic mass is 32.2. The highest BCUT2D eigenvalue weighted by Crippen LogP contribution is 2.66. The molecule has 8 nitrogen and oxygen atoms in total. The monoisotopic (exact) mass is 553 g/mol. The molecule has 4 rings (SSSR count). The molecule has 38 heavy (non-hydrogen) atoms. The number of fused-ring (bicyclic) bond motifs is 1. The number of nitrogens with two attached hydrogens (primary N) is 1. The zero-order valence-corrected chi connectivity index (χ0v) is 22.0. The van der Waals surface area contributed by atoms with Gasteiger partial charge >= 0.3 is 6.18 Å². The van der Waals surface area contributed by atoms with Crippen LogP contribution in [0.2, 0.25) is 0 Å². The Bertz CT molecular complexity index is 1300. The molecule has 0 unspecified atom stereocenters. The van der Waals surface area contributed by atoms with Gasteiger partial charge in [0.2, 0.25) is 11.8 Å². The number of hydrogen-bond acceptors (Lipinski definition) is 8. The first-order valence-electron chi connectivity index (χ1n) is 11.7. The number of nitrogens with zero attached hydrogens (tertiary/aromatic N) is 3. The average molecular weight is 554 g/mol. The lowest BCUT2D eigenvalue weighted by atomic mass is 9.84. The molecule has 1 aromatic carbocycles. The van der Waals surface area contributed by atoms with Gasteiger partial charge in [-0.15, -0.1) is 0 Å². The predicted molar refractivity (Wildman–Crippen MR) is 133 cm³/mol. The van der Waals surface area contributed by atoms with Crippen LogP contribution in [0.1, 0.15) is 55.7 Å². The Morgan fingerprint density at radius 1 is 1.21 bits per heavy atom. The van der Waals surface area contributed by atoms with Gasteiger partial charge in [0.1, 0.15) is 16.3 Å². The third-order valence-corrected chi connectivity index (χ3v) is 7.63. The summed E-state index contributed by atoms with van der Waals surface area (Å²) in [7, 11) is 0. The molecule has 204 valence electrons. The van der Waals surface area contributed by atoms with Crippen molar-refractivity contribution in [2.45, 2.75) is 62.5 Å². The van der Waals surface area contributed by atoms with Crippen molar-refractivity contribution in [3.63, 3.8) is 0 Å². The standard InChI is InChI=1S/C25H27F4N5O3S/c1-22(2,3)33-20(36)24-9-18(24)23(4,34-21(30)38-24)14-7-13(5-6-15(14)26)8-17(35)16-10-32-19(11-31-16)37-12-25(27,28)29/h5-7,10-11,18H,8-9,12H2,1-4H3,(H2,30,34)(H,33,36)/t18-,23+,24-/m0/s1. The van der Waals surface area contributed by atoms with Gasteiger partial charge in [-0.25, -0.2) is 14.4 Å². The number of thioether (sulfide) groups is 1. The molecular weight excluding hydrogens is 526 g/mol. The fraction of sp³-hybridized carbons (Fsp3) is 0.480. The Kier molecular flexibility index (Phi) is 6.96. The van der Waals surface area contributed by atoms with E-state index in [9.17, 15) is 22.8 Å². The van der Waals surface area contributed by atoms with Gasteiger partial charge in [-0.3, -0.25) is 14.6 Å². The normalized spacial score (nSPS) is 24.7. The Balaban J connectivity index is 1.54. The van der Waals surface area contributed by atoms with Crippen LogP contribution in [0, 0.1) is 11.7 Å². The summed E-state index contributed by atoms with van der Waals surface area (Å²) in [6.45, 7) is 5.81. The third-order valence-electron chi connectivity index (χ3n) is 6.33. The molecule has 1 amide bonds. The Labute approximate surface area is 220 Å². The third kappa shape index (κ3) is 5.77. The number of amides is 1. The van der Waals surface area contributed by atoms with Crippen LogP contribution >= 0.6 is 11.8 Å². The smallest absolute Gasteiger partial charge is 0.422 e. The van der Waals surface area contributed by atoms with Crippen LogP contribution in [0.5, 0.6) is 5.88 Å². The van der Waals surface area contributed by atoms with Crippen molar-refractivity contribution < 1.29 is 31.9 Å². The fourth-order valence-corrected chi connectivity index (χ4v) is 5.93. The SMILES string of the molecule is CC(C)(C)NC(=O)[C@]12C[C@H]1[C@@](C)(c1cc(CC(=O)c3cnc(OCC(F)(F)F)cn3)ccc1F)N=C(N)S2. The van der Waals surface area contributed by atoms with Crippen molar-refractivity contribution >= 4 is 28.6 Å². The average Bonchev–Trinajstić information content (AvgIpc) is 3.54. The van der Waals surface area contributed by atoms with Crippen LogP contribution in [0.15, 0.2) is 35.6 Å². The van der Waals surface area contributed by atoms with Gasteiger partial charge in [0.05, 0.1) is 17.9 Å². The quantitative estimate of drug-likeness (QED) is 0.394. The van der Waals surface area contributed by atoms with Crippen molar-refractivity contribution in [1.29, 1.82) is 0 Å². The van der Waals surface area contributed by atoms with E-state index in [-0.39, 0.29) is 40.6 Å². The highest BCUT2D eigenvalue weighted by molar-refractivity contribution is 8.15. The number of Topliss-reactive ketones (excluding diaryl/α,β-unsaturated/α-hetero) is 1. The summed E-state index contributed by atoms with van der Waals surface area (Å²) in [5.74, 6) is -1.89. The van der Waals surface area contributed by atoms with Crippen LogP contribution in [0.3, 0.4) is 0 Å². The number of carbonyl (C=O) groups excluding carboxylic acids is 2. The lowest BCUT2D eigenvalue weighted by Crippen LogP contribution is -2.50. The Morgan fingerprint density at radius 2 is 1.92 bits per heavy atom. The van der Waals surface area contributed by atoms with Gasteiger partial charge in [0.15, 0.2) is 17.6 Å². The first-order valence-corrected chi connectivity index (χ1v) is 12.5. The summed E-state index contributed by atoms with van der Waals surface area (Å²) in [4.78, 5) is 38.0. The van der Waals surface area contributed by atoms with E-state index in [1.54, 1.807) is 6.92 Å². The number of ether oxygens (including phenoxy) is 1. The number of benzene rings is 1. The summed E-state index contributed by atoms with van der Waals surface area (Å²) in [6, 6.07) is 4.21. The maximum absolute atomic E-state index is 15.2. The summed E-state index contributed by atoms with van der Waals surface area (Å²) in [6.07, 6.45) is -2.29. The van der Waals surface area contributed by atoms with Crippen LogP contribution in [-0.2, 0) is 16.8 Å². The number of amidine groups is 1. The van der Waals surface area contributed by atoms with Crippen LogP contribution in [-0.4, -0.2) is 49.9 Å². The molecular formula is C25H27F4N5O3S. The van der Waals surface area contributed by atoms with E-state index < -0.39 is 40.2 Å². The molecule has 3 N–H and O–H groups in total. The van der Waals surface area contributed by atoms with Crippen LogP contribution < -0.4 is 15.8 Å². The van der Waals surface area contributed by atoms with Gasteiger partial charge < -0.3 is 15.8 Å². The number of aliphatic imine (C=N–C) groups is 1. The fourth-order valence-electron chi connectivity index (χ4n) is 4.55. The van der Waals surface area contributed by atoms with Crippen molar-refractivity contribution in [3.05, 3.63) is 53.2 Å². The minimum atomic E-state index is -4.53. The molecule has 1 aromatic heterocycles. The molecule has 1 fully saturated rings. The second-order valence-corrected chi connectivity index (χ2v) is 12.0. The van der Waals surface area contributed by atoms with Gasteiger partial charge in [0.25, 0.3) is 0 Å². The van der Waals surface area contributed by atoms with Crippen molar-refractivity contribution in [2.75, 3.05) is 6.61 Å². The van der Waals surface area contributed by atoms with E-state index >= 15 is 4.39 Å². The molecule has 0 spiro atoms. The van der Waals surface area contributed by atoms with Gasteiger partial charge in [-0.05, 0) is 51.8 Å². The number of halogens is 4. The summed E-state index contributed by atoms with van der Waals surface area (Å²) in [5.41, 5.74) is 5.11. The van der Waals surface area contributed by atoms with Crippen LogP contribution in [0.25, 0.3) is 0 Å². The minimum Gasteiger partial charge on any atom is -0.467 e. The van der Waals surface area contributed by atoms with E-state index in [0.29, 0.717) is 12.0 Å². The Hall–Kier alpha value is -3.22. The molecule has 0 radical (unpaired) electrons. The number of hydrogen-bond donors (Lipinski definition) is 2. The van der Waals surface area contributed by atoms with E-state index in [4.69, 9.17) is 5.73 Å². The van der Waals surface area contributed by atoms with Crippen molar-refractivity contribution in [1.82, 2.24) is 15.3 Å². The molecule has 2 aliphatic rings. The molecule has 1 aliphatic heterocycles. The van der Waals surface area contributed by atoms with E-state index in [1.807, 2.05) is 20.8 Å². The molecule has 3 atom stereocenters. The maximum Gasteiger partial charge on any atom is 0.422 e. The maximum atomic E-state index is 15.2. The zero-order chi connectivity index (χ0) is 28.1. The van der Waals surface area contributed by atoms with Gasteiger partial charge in [0, 0.05) is 23.4 Å². The van der Waals surface area contributed by atoms with Crippen molar-refractivity contribution in [3.8, 4) is 5.88 Å². The summed E-state index contributed by atoms with van der Waals surface area (Å²) in [5, 5.41) is 3.16. The number of aromatic nitrogens is 2. The van der Waals surface area contributed by atoms with E-state index in [1.165, 1.54) is 30.0 Å². The predicted octanol–water partition coefficient (Wildman–Crippen LogP) is 3.93. The number of ketones is 1. The largest absolute Gasteiger partial charge is 0.467 e. The van der Waals surface area contributed by atoms with Crippen molar-refractivity contribution in [2.24, 2.45) is 16.6 Å². The minimum absolute atomic E-state index is 0.0853. The number of nitrogens with one attached hydrogen (secondary N) is 1. The second kappa shape index (κ2) is 9.51. The highest BCUT2D eigenvalue weighted by Gasteiger charge is 2.70. The first-order chi connectivity index (χ1) is 17.5. The number of alkyl halides is 3. The molecule has 0 saturated heterocycles. The second-order valence-electron chi connectivity index (χ2n) is 10.6. The molecule has 2 aromatic rings. The number of carbonyl (C=O) groups is 2. The van der Waals surface area contributed by atoms with E-state index in [0.717, 1.165) is 12.4 Å². The summed E-state index contributed by atoms with van der Waals surface area (Å²) >= 11 is 1.18. The first kappa shape index (κ1) is 27.8.